The van der Waals surface area contributed by atoms with Gasteiger partial charge in [-0.3, -0.25) is 4.79 Å². The largest absolute Gasteiger partial charge is 0.509 e. The number of ether oxygens (including phenoxy) is 1. The Bertz CT molecular complexity index is 703. The van der Waals surface area contributed by atoms with Gasteiger partial charge in [-0.05, 0) is 60.9 Å². The average Bonchev–Trinajstić information content (AvgIpc) is 2.85. The average molecular weight is 345 g/mol. The van der Waals surface area contributed by atoms with Gasteiger partial charge in [0.25, 0.3) is 5.91 Å². The number of carbonyl (C=O) groups excluding carboxylic acids is 1. The summed E-state index contributed by atoms with van der Waals surface area (Å²) in [7, 11) is 1.59. The van der Waals surface area contributed by atoms with Gasteiger partial charge in [-0.2, -0.15) is 0 Å². The number of hydrogen-bond acceptors (Lipinski definition) is 4. The van der Waals surface area contributed by atoms with Gasteiger partial charge in [0, 0.05) is 5.37 Å². The van der Waals surface area contributed by atoms with Crippen LogP contribution in [0.25, 0.3) is 5.57 Å². The first-order valence-electron chi connectivity index (χ1n) is 8.44. The van der Waals surface area contributed by atoms with Gasteiger partial charge < -0.3 is 15.2 Å². The molecule has 4 nitrogen and oxygen atoms in total. The molecular weight excluding hydrogens is 322 g/mol. The Kier molecular flexibility index (Phi) is 4.63. The number of thiocarbonyl (C=S) groups is 1. The van der Waals surface area contributed by atoms with Crippen molar-refractivity contribution in [3.63, 3.8) is 0 Å². The first-order valence-corrected chi connectivity index (χ1v) is 8.91. The number of methoxy groups -OCH3 is 1. The van der Waals surface area contributed by atoms with Crippen molar-refractivity contribution in [3.05, 3.63) is 35.1 Å². The molecule has 1 aliphatic carbocycles. The molecule has 0 saturated heterocycles. The van der Waals surface area contributed by atoms with Crippen LogP contribution in [0.4, 0.5) is 0 Å². The highest BCUT2D eigenvalue weighted by Gasteiger charge is 2.47. The van der Waals surface area contributed by atoms with Gasteiger partial charge in [0.2, 0.25) is 0 Å². The minimum Gasteiger partial charge on any atom is -0.509 e. The summed E-state index contributed by atoms with van der Waals surface area (Å²) < 4.78 is 5.22. The normalized spacial score (nSPS) is 26.6. The topological polar surface area (TPSA) is 58.6 Å². The molecule has 0 aromatic heterocycles. The van der Waals surface area contributed by atoms with E-state index in [2.05, 4.69) is 12.2 Å². The lowest BCUT2D eigenvalue weighted by molar-refractivity contribution is -0.116. The molecule has 0 bridgehead atoms. The van der Waals surface area contributed by atoms with Crippen LogP contribution in [0.3, 0.4) is 0 Å². The molecule has 5 heteroatoms. The molecule has 1 saturated carbocycles. The number of carbonyl (C=O) groups is 1. The maximum Gasteiger partial charge on any atom is 0.256 e. The third-order valence-electron chi connectivity index (χ3n) is 5.46. The molecule has 3 rings (SSSR count). The monoisotopic (exact) mass is 345 g/mol. The highest BCUT2D eigenvalue weighted by molar-refractivity contribution is 7.79. The number of nitrogens with one attached hydrogen (secondary N) is 1. The Labute approximate surface area is 147 Å². The summed E-state index contributed by atoms with van der Waals surface area (Å²) in [6.07, 6.45) is 4.77. The Morgan fingerprint density at radius 1 is 1.42 bits per heavy atom. The van der Waals surface area contributed by atoms with Crippen LogP contribution in [-0.2, 0) is 4.79 Å². The van der Waals surface area contributed by atoms with Crippen LogP contribution in [0.5, 0.6) is 5.75 Å². The molecule has 0 unspecified atom stereocenters. The smallest absolute Gasteiger partial charge is 0.256 e. The standard InChI is InChI=1S/C19H23NO3S/c1-3-12-6-8-19(9-7-12)17(21)16(18(22)20-19)15-5-4-14(23-2)10-13(15)11-24/h4-5,10-12,21H,3,6-9H2,1-2H3,(H,20,22). The number of rotatable bonds is 4. The fourth-order valence-corrected chi connectivity index (χ4v) is 4.06. The van der Waals surface area contributed by atoms with Crippen molar-refractivity contribution in [2.24, 2.45) is 5.92 Å². The molecule has 0 atom stereocenters. The fourth-order valence-electron chi connectivity index (χ4n) is 3.87. The van der Waals surface area contributed by atoms with E-state index in [0.717, 1.165) is 32.1 Å². The van der Waals surface area contributed by atoms with Gasteiger partial charge in [0.05, 0.1) is 18.2 Å². The lowest BCUT2D eigenvalue weighted by Gasteiger charge is -2.36. The van der Waals surface area contributed by atoms with Crippen molar-refractivity contribution < 1.29 is 14.6 Å². The van der Waals surface area contributed by atoms with E-state index in [9.17, 15) is 9.90 Å². The van der Waals surface area contributed by atoms with Gasteiger partial charge in [-0.1, -0.05) is 25.6 Å². The van der Waals surface area contributed by atoms with Gasteiger partial charge in [-0.25, -0.2) is 0 Å². The molecule has 1 amide bonds. The van der Waals surface area contributed by atoms with Gasteiger partial charge in [-0.15, -0.1) is 0 Å². The second kappa shape index (κ2) is 6.55. The van der Waals surface area contributed by atoms with Crippen LogP contribution in [0.1, 0.15) is 50.2 Å². The molecule has 1 aromatic carbocycles. The zero-order valence-electron chi connectivity index (χ0n) is 14.1. The van der Waals surface area contributed by atoms with Crippen molar-refractivity contribution in [2.75, 3.05) is 7.11 Å². The predicted octanol–water partition coefficient (Wildman–Crippen LogP) is 3.78. The minimum absolute atomic E-state index is 0.172. The molecule has 2 aliphatic rings. The van der Waals surface area contributed by atoms with E-state index in [1.807, 2.05) is 0 Å². The SMILES string of the molecule is CCC1CCC2(CC1)NC(=O)C(c1ccc(OC)cc1C=S)=C2O. The molecule has 1 heterocycles. The number of benzene rings is 1. The maximum atomic E-state index is 12.6. The molecule has 128 valence electrons. The predicted molar refractivity (Wildman–Crippen MR) is 98.4 cm³/mol. The van der Waals surface area contributed by atoms with Crippen LogP contribution >= 0.6 is 12.2 Å². The van der Waals surface area contributed by atoms with Crippen molar-refractivity contribution in [2.45, 2.75) is 44.6 Å². The summed E-state index contributed by atoms with van der Waals surface area (Å²) in [5.74, 6) is 1.31. The van der Waals surface area contributed by atoms with E-state index >= 15 is 0 Å². The highest BCUT2D eigenvalue weighted by atomic mass is 32.1. The van der Waals surface area contributed by atoms with Crippen molar-refractivity contribution in [3.8, 4) is 5.75 Å². The molecule has 1 aromatic rings. The quantitative estimate of drug-likeness (QED) is 0.816. The van der Waals surface area contributed by atoms with E-state index in [-0.39, 0.29) is 11.7 Å². The van der Waals surface area contributed by atoms with Gasteiger partial charge in [0.15, 0.2) is 0 Å². The van der Waals surface area contributed by atoms with Gasteiger partial charge in [0.1, 0.15) is 11.5 Å². The van der Waals surface area contributed by atoms with Crippen LogP contribution in [0, 0.1) is 5.92 Å². The summed E-state index contributed by atoms with van der Waals surface area (Å²) in [4.78, 5) is 12.6. The van der Waals surface area contributed by atoms with Crippen molar-refractivity contribution >= 4 is 29.1 Å². The zero-order valence-corrected chi connectivity index (χ0v) is 14.9. The zero-order chi connectivity index (χ0) is 17.3. The molecule has 24 heavy (non-hydrogen) atoms. The van der Waals surface area contributed by atoms with E-state index in [0.29, 0.717) is 28.4 Å². The van der Waals surface area contributed by atoms with Crippen LogP contribution < -0.4 is 10.1 Å². The van der Waals surface area contributed by atoms with E-state index in [1.54, 1.807) is 25.3 Å². The Balaban J connectivity index is 2.01. The Morgan fingerprint density at radius 3 is 2.71 bits per heavy atom. The minimum atomic E-state index is -0.600. The Morgan fingerprint density at radius 2 is 2.12 bits per heavy atom. The van der Waals surface area contributed by atoms with E-state index < -0.39 is 5.54 Å². The third kappa shape index (κ3) is 2.71. The molecular formula is C19H23NO3S. The lowest BCUT2D eigenvalue weighted by atomic mass is 9.75. The van der Waals surface area contributed by atoms with Gasteiger partial charge >= 0.3 is 0 Å². The number of aliphatic hydroxyl groups is 1. The molecule has 1 fully saturated rings. The summed E-state index contributed by atoms with van der Waals surface area (Å²) in [6, 6.07) is 5.36. The van der Waals surface area contributed by atoms with Crippen molar-refractivity contribution in [1.29, 1.82) is 0 Å². The Hall–Kier alpha value is -1.88. The summed E-state index contributed by atoms with van der Waals surface area (Å²) in [6.45, 7) is 2.19. The molecule has 1 spiro atoms. The fraction of sp³-hybridized carbons (Fsp3) is 0.474. The number of hydrogen-bond donors (Lipinski definition) is 2. The summed E-state index contributed by atoms with van der Waals surface area (Å²) >= 11 is 5.09. The maximum absolute atomic E-state index is 12.6. The first-order chi connectivity index (χ1) is 11.5. The summed E-state index contributed by atoms with van der Waals surface area (Å²) in [5.41, 5.74) is 1.12. The molecule has 2 N–H and O–H groups in total. The first kappa shape index (κ1) is 17.0. The van der Waals surface area contributed by atoms with Crippen LogP contribution in [0.15, 0.2) is 24.0 Å². The van der Waals surface area contributed by atoms with Crippen LogP contribution in [0.2, 0.25) is 0 Å². The van der Waals surface area contributed by atoms with Crippen molar-refractivity contribution in [1.82, 2.24) is 5.32 Å². The number of aliphatic hydroxyl groups excluding tert-OH is 1. The van der Waals surface area contributed by atoms with Crippen LogP contribution in [-0.4, -0.2) is 29.0 Å². The second-order valence-electron chi connectivity index (χ2n) is 6.68. The lowest BCUT2D eigenvalue weighted by Crippen LogP contribution is -2.47. The van der Waals surface area contributed by atoms with E-state index in [4.69, 9.17) is 17.0 Å². The summed E-state index contributed by atoms with van der Waals surface area (Å²) in [5, 5.41) is 15.5. The van der Waals surface area contributed by atoms with E-state index in [1.165, 1.54) is 5.37 Å². The molecule has 0 radical (unpaired) electrons. The second-order valence-corrected chi connectivity index (χ2v) is 6.92. The third-order valence-corrected chi connectivity index (χ3v) is 5.72. The highest BCUT2D eigenvalue weighted by Crippen LogP contribution is 2.44. The number of amides is 1. The molecule has 1 aliphatic heterocycles.